The van der Waals surface area contributed by atoms with Crippen LogP contribution in [-0.2, 0) is 13.6 Å². The monoisotopic (exact) mass is 392 g/mol. The van der Waals surface area contributed by atoms with Crippen LogP contribution in [0.5, 0.6) is 0 Å². The smallest absolute Gasteiger partial charge is 1.00 e. The molecule has 0 heterocycles. The average molecular weight is 393 g/mol. The first kappa shape index (κ1) is 27.6. The van der Waals surface area contributed by atoms with Gasteiger partial charge in [-0.3, -0.25) is 9.05 Å². The van der Waals surface area contributed by atoms with E-state index in [-0.39, 0.29) is 40.6 Å². The van der Waals surface area contributed by atoms with Crippen molar-refractivity contribution >= 4 is 45.6 Å². The van der Waals surface area contributed by atoms with Gasteiger partial charge in [0.05, 0.1) is 13.2 Å². The third-order valence-corrected chi connectivity index (χ3v) is 5.60. The first-order valence-electron chi connectivity index (χ1n) is 9.53. The van der Waals surface area contributed by atoms with Crippen molar-refractivity contribution in [3.8, 4) is 0 Å². The summed E-state index contributed by atoms with van der Waals surface area (Å²) in [5.74, 6) is 1.47. The first-order valence-corrected chi connectivity index (χ1v) is 11.0. The van der Waals surface area contributed by atoms with Gasteiger partial charge >= 0.3 is 45.6 Å². The van der Waals surface area contributed by atoms with Crippen molar-refractivity contribution in [2.45, 2.75) is 91.9 Å². The van der Waals surface area contributed by atoms with Gasteiger partial charge < -0.3 is 7.75 Å². The summed E-state index contributed by atoms with van der Waals surface area (Å²) < 4.78 is 21.7. The Morgan fingerprint density at radius 3 is 1.79 bits per heavy atom. The van der Waals surface area contributed by atoms with Gasteiger partial charge in [-0.05, 0) is 31.1 Å². The van der Waals surface area contributed by atoms with Crippen LogP contribution in [0.15, 0.2) is 0 Å². The molecule has 3 unspecified atom stereocenters. The van der Waals surface area contributed by atoms with Crippen molar-refractivity contribution in [2.75, 3.05) is 13.2 Å². The van der Waals surface area contributed by atoms with Crippen LogP contribution >= 0.6 is 7.82 Å². The molecule has 0 aliphatic heterocycles. The maximum Gasteiger partial charge on any atom is 2.00 e. The molecule has 0 bridgehead atoms. The van der Waals surface area contributed by atoms with E-state index in [4.69, 9.17) is 9.05 Å². The Morgan fingerprint density at radius 2 is 1.25 bits per heavy atom. The topological polar surface area (TPSA) is 55.8 Å². The molecule has 0 aliphatic carbocycles. The van der Waals surface area contributed by atoms with E-state index in [0.29, 0.717) is 19.1 Å². The maximum absolute atomic E-state index is 11.7. The summed E-state index contributed by atoms with van der Waals surface area (Å²) in [6.45, 7) is 9.48. The molecule has 0 aromatic carbocycles. The zero-order valence-corrected chi connectivity index (χ0v) is 19.6. The molecule has 0 saturated heterocycles. The molecule has 24 heavy (non-hydrogen) atoms. The van der Waals surface area contributed by atoms with Gasteiger partial charge in [0, 0.05) is 0 Å². The predicted octanol–water partition coefficient (Wildman–Crippen LogP) is 6.18. The quantitative estimate of drug-likeness (QED) is 0.194. The second-order valence-corrected chi connectivity index (χ2v) is 8.31. The van der Waals surface area contributed by atoms with E-state index in [1.807, 2.05) is 0 Å². The summed E-state index contributed by atoms with van der Waals surface area (Å²) in [6, 6.07) is 0. The van der Waals surface area contributed by atoms with Gasteiger partial charge in [0.15, 0.2) is 0 Å². The van der Waals surface area contributed by atoms with E-state index in [1.54, 1.807) is 0 Å². The molecule has 6 heteroatoms. The van der Waals surface area contributed by atoms with Crippen molar-refractivity contribution in [1.29, 1.82) is 0 Å². The zero-order chi connectivity index (χ0) is 17.6. The Hall–Kier alpha value is 1.37. The molecule has 0 fully saturated rings. The van der Waals surface area contributed by atoms with E-state index < -0.39 is 7.82 Å². The van der Waals surface area contributed by atoms with Gasteiger partial charge in [0.1, 0.15) is 0 Å². The predicted molar refractivity (Wildman–Crippen MR) is 106 cm³/mol. The number of unbranched alkanes of at least 4 members (excludes halogenated alkanes) is 4. The molecule has 0 aliphatic rings. The molecule has 144 valence electrons. The minimum absolute atomic E-state index is 0. The molecule has 0 amide bonds. The Balaban J connectivity index is -0.000000807. The largest absolute Gasteiger partial charge is 2.00 e. The minimum Gasteiger partial charge on any atom is -1.00 e. The van der Waals surface area contributed by atoms with Crippen molar-refractivity contribution < 1.29 is 21.4 Å². The van der Waals surface area contributed by atoms with Gasteiger partial charge in [-0.25, -0.2) is 4.57 Å². The number of phosphoric ester groups is 1. The molecular weight excluding hydrogens is 351 g/mol. The molecule has 0 aromatic heterocycles. The van der Waals surface area contributed by atoms with Crippen LogP contribution in [0.25, 0.3) is 0 Å². The minimum atomic E-state index is -3.84. The summed E-state index contributed by atoms with van der Waals surface area (Å²) in [5, 5.41) is 0. The molecule has 0 aromatic rings. The van der Waals surface area contributed by atoms with Gasteiger partial charge in [0.2, 0.25) is 0 Å². The maximum atomic E-state index is 11.7. The Bertz CT molecular complexity index is 326. The van der Waals surface area contributed by atoms with Crippen molar-refractivity contribution in [3.05, 3.63) is 0 Å². The summed E-state index contributed by atoms with van der Waals surface area (Å²) >= 11 is 0. The van der Waals surface area contributed by atoms with Gasteiger partial charge in [0.25, 0.3) is 0 Å². The fourth-order valence-electron chi connectivity index (χ4n) is 2.36. The molecule has 3 atom stereocenters. The number of hydrogen-bond acceptors (Lipinski definition) is 3. The zero-order valence-electron chi connectivity index (χ0n) is 18.5. The third kappa shape index (κ3) is 18.2. The van der Waals surface area contributed by atoms with Crippen LogP contribution in [-0.4, -0.2) is 55.8 Å². The van der Waals surface area contributed by atoms with Gasteiger partial charge in [-0.15, -0.1) is 0 Å². The summed E-state index contributed by atoms with van der Waals surface area (Å²) in [4.78, 5) is 9.58. The SMILES string of the molecule is CCC(C)CCCCCCCOP(=O)(O)OCCCC(C)CC.[Ca+2].[H-].[H-]. The molecule has 4 nitrogen and oxygen atoms in total. The number of rotatable bonds is 16. The Morgan fingerprint density at radius 1 is 0.833 bits per heavy atom. The fraction of sp³-hybridized carbons (Fsp3) is 1.00. The summed E-state index contributed by atoms with van der Waals surface area (Å²) in [7, 11) is -3.84. The van der Waals surface area contributed by atoms with E-state index in [1.165, 1.54) is 32.1 Å². The van der Waals surface area contributed by atoms with Crippen LogP contribution in [0, 0.1) is 11.8 Å². The van der Waals surface area contributed by atoms with Crippen molar-refractivity contribution in [1.82, 2.24) is 0 Å². The van der Waals surface area contributed by atoms with Gasteiger partial charge in [-0.1, -0.05) is 72.6 Å². The third-order valence-electron chi connectivity index (χ3n) is 4.59. The Labute approximate surface area is 183 Å². The van der Waals surface area contributed by atoms with E-state index in [9.17, 15) is 9.46 Å². The van der Waals surface area contributed by atoms with Crippen LogP contribution < -0.4 is 0 Å². The standard InChI is InChI=1S/C18H39O4P.Ca.2H/c1-5-17(3)13-10-8-7-9-11-15-21-23(19,20)22-16-12-14-18(4)6-2;;;/h17-18H,5-16H2,1-4H3,(H,19,20);;;/q;+2;2*-1. The number of phosphoric acid groups is 1. The number of hydrogen-bond donors (Lipinski definition) is 1. The van der Waals surface area contributed by atoms with E-state index in [0.717, 1.165) is 38.0 Å². The van der Waals surface area contributed by atoms with Crippen molar-refractivity contribution in [2.24, 2.45) is 11.8 Å². The summed E-state index contributed by atoms with van der Waals surface area (Å²) in [6.07, 6.45) is 11.1. The summed E-state index contributed by atoms with van der Waals surface area (Å²) in [5.41, 5.74) is 0. The van der Waals surface area contributed by atoms with Crippen LogP contribution in [0.4, 0.5) is 0 Å². The van der Waals surface area contributed by atoms with Gasteiger partial charge in [-0.2, -0.15) is 0 Å². The van der Waals surface area contributed by atoms with Crippen LogP contribution in [0.2, 0.25) is 0 Å². The molecule has 0 saturated carbocycles. The normalized spacial score (nSPS) is 16.2. The van der Waals surface area contributed by atoms with E-state index in [2.05, 4.69) is 27.7 Å². The van der Waals surface area contributed by atoms with Crippen molar-refractivity contribution in [3.63, 3.8) is 0 Å². The molecule has 0 radical (unpaired) electrons. The molecule has 1 N–H and O–H groups in total. The molecular formula is C18H41CaO4P. The Kier molecular flexibility index (Phi) is 20.4. The van der Waals surface area contributed by atoms with Crippen LogP contribution in [0.1, 0.15) is 94.8 Å². The molecule has 0 rings (SSSR count). The van der Waals surface area contributed by atoms with Crippen LogP contribution in [0.3, 0.4) is 0 Å². The van der Waals surface area contributed by atoms with E-state index >= 15 is 0 Å². The molecule has 0 spiro atoms. The first-order chi connectivity index (χ1) is 10.9. The second-order valence-electron chi connectivity index (χ2n) is 6.86. The fourth-order valence-corrected chi connectivity index (χ4v) is 3.16. The second kappa shape index (κ2) is 17.8. The average Bonchev–Trinajstić information content (AvgIpc) is 2.53.